The second-order valence-corrected chi connectivity index (χ2v) is 4.88. The average Bonchev–Trinajstić information content (AvgIpc) is 2.36. The Morgan fingerprint density at radius 2 is 2.16 bits per heavy atom. The van der Waals surface area contributed by atoms with E-state index in [1.54, 1.807) is 14.0 Å². The van der Waals surface area contributed by atoms with Gasteiger partial charge in [0.05, 0.1) is 18.9 Å². The van der Waals surface area contributed by atoms with E-state index < -0.39 is 0 Å². The van der Waals surface area contributed by atoms with Gasteiger partial charge in [0.15, 0.2) is 0 Å². The highest BCUT2D eigenvalue weighted by atomic mass is 16.5. The lowest BCUT2D eigenvalue weighted by atomic mass is 10.1. The van der Waals surface area contributed by atoms with Gasteiger partial charge in [0.1, 0.15) is 11.3 Å². The highest BCUT2D eigenvalue weighted by Crippen LogP contribution is 2.33. The fourth-order valence-electron chi connectivity index (χ4n) is 2.44. The van der Waals surface area contributed by atoms with Crippen LogP contribution in [0.3, 0.4) is 0 Å². The van der Waals surface area contributed by atoms with E-state index in [1.165, 1.54) is 0 Å². The number of ether oxygens (including phenoxy) is 1. The first-order chi connectivity index (χ1) is 9.04. The van der Waals surface area contributed by atoms with Crippen LogP contribution in [0.1, 0.15) is 12.5 Å². The van der Waals surface area contributed by atoms with Crippen LogP contribution >= 0.6 is 0 Å². The predicted octanol–water partition coefficient (Wildman–Crippen LogP) is 2.37. The van der Waals surface area contributed by atoms with Gasteiger partial charge >= 0.3 is 0 Å². The molecule has 0 radical (unpaired) electrons. The molecule has 1 N–H and O–H groups in total. The number of pyridine rings is 1. The Bertz CT molecular complexity index is 582. The van der Waals surface area contributed by atoms with Crippen LogP contribution in [0.15, 0.2) is 24.4 Å². The van der Waals surface area contributed by atoms with Gasteiger partial charge in [-0.2, -0.15) is 0 Å². The van der Waals surface area contributed by atoms with Crippen molar-refractivity contribution in [3.8, 4) is 5.75 Å². The highest BCUT2D eigenvalue weighted by Gasteiger charge is 2.14. The SMILES string of the molecule is COc1cccc2c(N(C)CC(C)O)c(C)cnc12. The number of fused-ring (bicyclic) bond motifs is 1. The van der Waals surface area contributed by atoms with Gasteiger partial charge in [-0.25, -0.2) is 0 Å². The van der Waals surface area contributed by atoms with Crippen molar-refractivity contribution in [3.63, 3.8) is 0 Å². The van der Waals surface area contributed by atoms with Gasteiger partial charge in [-0.3, -0.25) is 4.98 Å². The van der Waals surface area contributed by atoms with Gasteiger partial charge in [0.25, 0.3) is 0 Å². The van der Waals surface area contributed by atoms with Crippen molar-refractivity contribution < 1.29 is 9.84 Å². The van der Waals surface area contributed by atoms with Gasteiger partial charge in [-0.15, -0.1) is 0 Å². The zero-order valence-electron chi connectivity index (χ0n) is 11.8. The summed E-state index contributed by atoms with van der Waals surface area (Å²) in [6.07, 6.45) is 1.47. The number of rotatable bonds is 4. The molecule has 1 aromatic heterocycles. The number of para-hydroxylation sites is 1. The Morgan fingerprint density at radius 1 is 1.42 bits per heavy atom. The number of methoxy groups -OCH3 is 1. The van der Waals surface area contributed by atoms with Crippen molar-refractivity contribution in [2.75, 3.05) is 25.6 Å². The number of aromatic nitrogens is 1. The molecule has 2 rings (SSSR count). The minimum absolute atomic E-state index is 0.377. The largest absolute Gasteiger partial charge is 0.494 e. The summed E-state index contributed by atoms with van der Waals surface area (Å²) in [7, 11) is 3.63. The van der Waals surface area contributed by atoms with Gasteiger partial charge in [0, 0.05) is 25.2 Å². The van der Waals surface area contributed by atoms with Crippen molar-refractivity contribution in [1.82, 2.24) is 4.98 Å². The van der Waals surface area contributed by atoms with Crippen molar-refractivity contribution >= 4 is 16.6 Å². The Balaban J connectivity index is 2.62. The molecule has 1 atom stereocenters. The first-order valence-corrected chi connectivity index (χ1v) is 6.36. The minimum atomic E-state index is -0.377. The van der Waals surface area contributed by atoms with E-state index >= 15 is 0 Å². The molecule has 102 valence electrons. The number of aryl methyl sites for hydroxylation is 1. The maximum Gasteiger partial charge on any atom is 0.145 e. The topological polar surface area (TPSA) is 45.6 Å². The van der Waals surface area contributed by atoms with Crippen molar-refractivity contribution in [1.29, 1.82) is 0 Å². The number of likely N-dealkylation sites (N-methyl/N-ethyl adjacent to an activating group) is 1. The van der Waals surface area contributed by atoms with Crippen LogP contribution in [-0.2, 0) is 0 Å². The fourth-order valence-corrected chi connectivity index (χ4v) is 2.44. The molecule has 0 aliphatic rings. The maximum absolute atomic E-state index is 9.57. The molecule has 4 nitrogen and oxygen atoms in total. The van der Waals surface area contributed by atoms with E-state index in [0.717, 1.165) is 27.9 Å². The molecule has 0 aliphatic heterocycles. The summed E-state index contributed by atoms with van der Waals surface area (Å²) >= 11 is 0. The van der Waals surface area contributed by atoms with Crippen LogP contribution in [0.5, 0.6) is 5.75 Å². The van der Waals surface area contributed by atoms with E-state index in [1.807, 2.05) is 38.4 Å². The monoisotopic (exact) mass is 260 g/mol. The number of anilines is 1. The van der Waals surface area contributed by atoms with Gasteiger partial charge in [-0.05, 0) is 25.5 Å². The lowest BCUT2D eigenvalue weighted by molar-refractivity contribution is 0.201. The molecule has 1 heterocycles. The minimum Gasteiger partial charge on any atom is -0.494 e. The van der Waals surface area contributed by atoms with E-state index in [0.29, 0.717) is 6.54 Å². The highest BCUT2D eigenvalue weighted by molar-refractivity contribution is 5.96. The molecule has 0 saturated carbocycles. The van der Waals surface area contributed by atoms with Crippen LogP contribution in [0, 0.1) is 6.92 Å². The van der Waals surface area contributed by atoms with Gasteiger partial charge < -0.3 is 14.7 Å². The first-order valence-electron chi connectivity index (χ1n) is 6.36. The van der Waals surface area contributed by atoms with Crippen molar-refractivity contribution in [3.05, 3.63) is 30.0 Å². The third-order valence-electron chi connectivity index (χ3n) is 3.15. The van der Waals surface area contributed by atoms with E-state index in [9.17, 15) is 5.11 Å². The quantitative estimate of drug-likeness (QED) is 0.916. The normalized spacial score (nSPS) is 12.5. The number of aliphatic hydroxyl groups is 1. The zero-order chi connectivity index (χ0) is 14.0. The van der Waals surface area contributed by atoms with Crippen LogP contribution in [0.25, 0.3) is 10.9 Å². The van der Waals surface area contributed by atoms with Crippen LogP contribution in [0.2, 0.25) is 0 Å². The molecule has 0 bridgehead atoms. The van der Waals surface area contributed by atoms with Crippen LogP contribution in [-0.4, -0.2) is 36.9 Å². The molecule has 0 spiro atoms. The molecule has 1 unspecified atom stereocenters. The third-order valence-corrected chi connectivity index (χ3v) is 3.15. The smallest absolute Gasteiger partial charge is 0.145 e. The van der Waals surface area contributed by atoms with Crippen LogP contribution < -0.4 is 9.64 Å². The Labute approximate surface area is 113 Å². The Morgan fingerprint density at radius 3 is 2.79 bits per heavy atom. The molecule has 0 saturated heterocycles. The van der Waals surface area contributed by atoms with E-state index in [4.69, 9.17) is 4.74 Å². The summed E-state index contributed by atoms with van der Waals surface area (Å²) in [6.45, 7) is 4.40. The van der Waals surface area contributed by atoms with Gasteiger partial charge in [0.2, 0.25) is 0 Å². The lowest BCUT2D eigenvalue weighted by Crippen LogP contribution is -2.27. The number of nitrogens with zero attached hydrogens (tertiary/aromatic N) is 2. The second-order valence-electron chi connectivity index (χ2n) is 4.88. The van der Waals surface area contributed by atoms with E-state index in [2.05, 4.69) is 9.88 Å². The van der Waals surface area contributed by atoms with E-state index in [-0.39, 0.29) is 6.10 Å². The fraction of sp³-hybridized carbons (Fsp3) is 0.400. The number of hydrogen-bond donors (Lipinski definition) is 1. The number of aliphatic hydroxyl groups excluding tert-OH is 1. The van der Waals surface area contributed by atoms with Crippen LogP contribution in [0.4, 0.5) is 5.69 Å². The van der Waals surface area contributed by atoms with Crippen molar-refractivity contribution in [2.45, 2.75) is 20.0 Å². The summed E-state index contributed by atoms with van der Waals surface area (Å²) in [4.78, 5) is 6.52. The predicted molar refractivity (Wildman–Crippen MR) is 78.0 cm³/mol. The maximum atomic E-state index is 9.57. The first kappa shape index (κ1) is 13.6. The molecule has 0 fully saturated rings. The molecule has 0 amide bonds. The zero-order valence-corrected chi connectivity index (χ0v) is 11.8. The number of benzene rings is 1. The summed E-state index contributed by atoms with van der Waals surface area (Å²) in [5.41, 5.74) is 3.02. The standard InChI is InChI=1S/C15H20N2O2/c1-10-8-16-14-12(6-5-7-13(14)19-4)15(10)17(3)9-11(2)18/h5-8,11,18H,9H2,1-4H3. The summed E-state index contributed by atoms with van der Waals surface area (Å²) < 4.78 is 5.35. The third kappa shape index (κ3) is 2.63. The molecule has 2 aromatic rings. The molecular formula is C15H20N2O2. The lowest BCUT2D eigenvalue weighted by Gasteiger charge is -2.24. The summed E-state index contributed by atoms with van der Waals surface area (Å²) in [6, 6.07) is 5.90. The molecule has 19 heavy (non-hydrogen) atoms. The number of hydrogen-bond acceptors (Lipinski definition) is 4. The summed E-state index contributed by atoms with van der Waals surface area (Å²) in [5.74, 6) is 0.768. The average molecular weight is 260 g/mol. The van der Waals surface area contributed by atoms with Gasteiger partial charge in [-0.1, -0.05) is 12.1 Å². The molecule has 0 aliphatic carbocycles. The Kier molecular flexibility index (Phi) is 3.90. The molecule has 1 aromatic carbocycles. The Hall–Kier alpha value is -1.81. The summed E-state index contributed by atoms with van der Waals surface area (Å²) in [5, 5.41) is 10.6. The van der Waals surface area contributed by atoms with Crippen molar-refractivity contribution in [2.24, 2.45) is 0 Å². The second kappa shape index (κ2) is 5.45. The molecular weight excluding hydrogens is 240 g/mol. The molecule has 4 heteroatoms.